The Morgan fingerprint density at radius 1 is 1.03 bits per heavy atom. The van der Waals surface area contributed by atoms with E-state index in [1.807, 2.05) is 6.92 Å². The molecule has 3 rings (SSSR count). The van der Waals surface area contributed by atoms with Crippen LogP contribution in [0.4, 0.5) is 31.1 Å². The van der Waals surface area contributed by atoms with Crippen LogP contribution in [0.1, 0.15) is 49.5 Å². The van der Waals surface area contributed by atoms with Gasteiger partial charge < -0.3 is 20.7 Å². The molecular formula is C19H23F6N3O2. The van der Waals surface area contributed by atoms with E-state index >= 15 is 0 Å². The number of nitrogens with one attached hydrogen (secondary N) is 3. The summed E-state index contributed by atoms with van der Waals surface area (Å²) in [6.45, 7) is 4.33. The molecule has 0 aromatic heterocycles. The number of carbonyl (C=O) groups excluding carboxylic acids is 1. The van der Waals surface area contributed by atoms with Gasteiger partial charge in [-0.1, -0.05) is 0 Å². The Bertz CT molecular complexity index is 768. The van der Waals surface area contributed by atoms with Crippen molar-refractivity contribution in [1.82, 2.24) is 16.0 Å². The van der Waals surface area contributed by atoms with E-state index in [1.54, 1.807) is 0 Å². The van der Waals surface area contributed by atoms with E-state index in [0.717, 1.165) is 0 Å². The lowest BCUT2D eigenvalue weighted by molar-refractivity contribution is -0.143. The lowest BCUT2D eigenvalue weighted by Crippen LogP contribution is -2.63. The van der Waals surface area contributed by atoms with Gasteiger partial charge in [-0.3, -0.25) is 0 Å². The van der Waals surface area contributed by atoms with Gasteiger partial charge in [0.15, 0.2) is 0 Å². The van der Waals surface area contributed by atoms with Crippen molar-refractivity contribution in [2.75, 3.05) is 19.7 Å². The number of alkyl halides is 6. The highest BCUT2D eigenvalue weighted by Crippen LogP contribution is 2.38. The van der Waals surface area contributed by atoms with E-state index in [0.29, 0.717) is 38.1 Å². The van der Waals surface area contributed by atoms with Crippen LogP contribution in [0.25, 0.3) is 0 Å². The average Bonchev–Trinajstić information content (AvgIpc) is 3.02. The normalized spacial score (nSPS) is 28.3. The highest BCUT2D eigenvalue weighted by molar-refractivity contribution is 5.77. The van der Waals surface area contributed by atoms with Crippen molar-refractivity contribution >= 4 is 6.03 Å². The van der Waals surface area contributed by atoms with E-state index in [1.165, 1.54) is 6.92 Å². The van der Waals surface area contributed by atoms with Crippen LogP contribution in [0.15, 0.2) is 18.2 Å². The summed E-state index contributed by atoms with van der Waals surface area (Å²) in [5.74, 6) is 0. The molecule has 2 fully saturated rings. The summed E-state index contributed by atoms with van der Waals surface area (Å²) in [5, 5.41) is 8.87. The molecule has 0 aliphatic carbocycles. The quantitative estimate of drug-likeness (QED) is 0.622. The van der Waals surface area contributed by atoms with Gasteiger partial charge in [-0.2, -0.15) is 26.3 Å². The smallest absolute Gasteiger partial charge is 0.372 e. The van der Waals surface area contributed by atoms with E-state index < -0.39 is 40.7 Å². The minimum atomic E-state index is -4.90. The maximum atomic E-state index is 13.1. The number of piperidine rings is 1. The zero-order chi connectivity index (χ0) is 22.4. The Labute approximate surface area is 169 Å². The third kappa shape index (κ3) is 5.00. The molecule has 0 bridgehead atoms. The number of ether oxygens (including phenoxy) is 1. The highest BCUT2D eigenvalue weighted by Gasteiger charge is 2.44. The van der Waals surface area contributed by atoms with E-state index in [-0.39, 0.29) is 24.3 Å². The van der Waals surface area contributed by atoms with Crippen molar-refractivity contribution in [1.29, 1.82) is 0 Å². The molecule has 2 aliphatic heterocycles. The van der Waals surface area contributed by atoms with Crippen LogP contribution in [0, 0.1) is 0 Å². The van der Waals surface area contributed by atoms with Gasteiger partial charge in [0, 0.05) is 18.6 Å². The van der Waals surface area contributed by atoms with Crippen molar-refractivity contribution in [2.24, 2.45) is 0 Å². The molecule has 2 amide bonds. The molecular weight excluding hydrogens is 416 g/mol. The molecule has 1 spiro atoms. The molecule has 168 valence electrons. The molecule has 11 heteroatoms. The maximum Gasteiger partial charge on any atom is 0.416 e. The third-order valence-electron chi connectivity index (χ3n) is 5.71. The number of benzene rings is 1. The molecule has 30 heavy (non-hydrogen) atoms. The van der Waals surface area contributed by atoms with Crippen molar-refractivity contribution in [3.63, 3.8) is 0 Å². The summed E-state index contributed by atoms with van der Waals surface area (Å²) >= 11 is 0. The van der Waals surface area contributed by atoms with Crippen LogP contribution in [0.3, 0.4) is 0 Å². The molecule has 3 atom stereocenters. The van der Waals surface area contributed by atoms with Gasteiger partial charge in [0.25, 0.3) is 0 Å². The molecule has 3 N–H and O–H groups in total. The molecule has 2 saturated heterocycles. The number of urea groups is 1. The first-order chi connectivity index (χ1) is 13.7. The Balaban J connectivity index is 1.69. The van der Waals surface area contributed by atoms with Crippen LogP contribution in [-0.4, -0.2) is 36.8 Å². The minimum Gasteiger partial charge on any atom is -0.372 e. The summed E-state index contributed by atoms with van der Waals surface area (Å²) in [6, 6.07) is 1.23. The average molecular weight is 439 g/mol. The number of amides is 2. The number of halogens is 6. The number of hydrogen-bond donors (Lipinski definition) is 3. The first-order valence-electron chi connectivity index (χ1n) is 9.44. The second-order valence-electron chi connectivity index (χ2n) is 8.29. The monoisotopic (exact) mass is 439 g/mol. The standard InChI is InChI=1S/C19H23F6N3O2/c1-11(12-5-13(18(20,21)22)7-14(6-12)19(23,24)25)30-10-16(2)3-4-17(9-27-16)8-26-15(29)28-17/h5-7,11,27H,3-4,8-10H2,1-2H3,(H2,26,28,29). The van der Waals surface area contributed by atoms with Crippen LogP contribution >= 0.6 is 0 Å². The summed E-state index contributed by atoms with van der Waals surface area (Å²) < 4.78 is 84.0. The van der Waals surface area contributed by atoms with Gasteiger partial charge >= 0.3 is 18.4 Å². The Morgan fingerprint density at radius 3 is 2.07 bits per heavy atom. The van der Waals surface area contributed by atoms with Crippen LogP contribution < -0.4 is 16.0 Å². The topological polar surface area (TPSA) is 62.4 Å². The molecule has 2 aliphatic rings. The fourth-order valence-corrected chi connectivity index (χ4v) is 3.65. The van der Waals surface area contributed by atoms with Crippen LogP contribution in [-0.2, 0) is 17.1 Å². The van der Waals surface area contributed by atoms with Gasteiger partial charge in [0.05, 0.1) is 29.4 Å². The highest BCUT2D eigenvalue weighted by atomic mass is 19.4. The van der Waals surface area contributed by atoms with Gasteiger partial charge in [-0.25, -0.2) is 4.79 Å². The minimum absolute atomic E-state index is 0.0865. The molecule has 1 aromatic rings. The molecule has 2 heterocycles. The predicted octanol–water partition coefficient (Wildman–Crippen LogP) is 4.00. The second-order valence-corrected chi connectivity index (χ2v) is 8.29. The van der Waals surface area contributed by atoms with Crippen molar-refractivity contribution in [3.8, 4) is 0 Å². The Kier molecular flexibility index (Phi) is 5.74. The zero-order valence-corrected chi connectivity index (χ0v) is 16.4. The van der Waals surface area contributed by atoms with Gasteiger partial charge in [0.1, 0.15) is 0 Å². The van der Waals surface area contributed by atoms with Crippen molar-refractivity contribution in [3.05, 3.63) is 34.9 Å². The molecule has 0 radical (unpaired) electrons. The van der Waals surface area contributed by atoms with E-state index in [2.05, 4.69) is 16.0 Å². The van der Waals surface area contributed by atoms with E-state index in [4.69, 9.17) is 4.74 Å². The lowest BCUT2D eigenvalue weighted by atomic mass is 9.81. The van der Waals surface area contributed by atoms with Gasteiger partial charge in [-0.15, -0.1) is 0 Å². The van der Waals surface area contributed by atoms with Crippen LogP contribution in [0.2, 0.25) is 0 Å². The van der Waals surface area contributed by atoms with Gasteiger partial charge in [0.2, 0.25) is 0 Å². The molecule has 1 aromatic carbocycles. The fraction of sp³-hybridized carbons (Fsp3) is 0.632. The first-order valence-corrected chi connectivity index (χ1v) is 9.44. The molecule has 0 saturated carbocycles. The molecule has 3 unspecified atom stereocenters. The summed E-state index contributed by atoms with van der Waals surface area (Å²) in [7, 11) is 0. The number of rotatable bonds is 4. The SMILES string of the molecule is CC(OCC1(C)CCC2(CNC(=O)N2)CN1)c1cc(C(F)(F)F)cc(C(F)(F)F)c1. The van der Waals surface area contributed by atoms with E-state index in [9.17, 15) is 31.1 Å². The Hall–Kier alpha value is -2.01. The zero-order valence-electron chi connectivity index (χ0n) is 16.4. The largest absolute Gasteiger partial charge is 0.416 e. The fourth-order valence-electron chi connectivity index (χ4n) is 3.65. The van der Waals surface area contributed by atoms with Crippen molar-refractivity contribution < 1.29 is 35.9 Å². The maximum absolute atomic E-state index is 13.1. The van der Waals surface area contributed by atoms with Crippen LogP contribution in [0.5, 0.6) is 0 Å². The van der Waals surface area contributed by atoms with Gasteiger partial charge in [-0.05, 0) is 50.5 Å². The summed E-state index contributed by atoms with van der Waals surface area (Å²) in [5.41, 5.74) is -3.85. The predicted molar refractivity (Wildman–Crippen MR) is 95.7 cm³/mol. The summed E-state index contributed by atoms with van der Waals surface area (Å²) in [4.78, 5) is 11.4. The third-order valence-corrected chi connectivity index (χ3v) is 5.71. The molecule has 5 nitrogen and oxygen atoms in total. The lowest BCUT2D eigenvalue weighted by Gasteiger charge is -2.43. The first kappa shape index (κ1) is 22.7. The number of hydrogen-bond acceptors (Lipinski definition) is 3. The number of carbonyl (C=O) groups is 1. The van der Waals surface area contributed by atoms with Crippen molar-refractivity contribution in [2.45, 2.75) is 56.2 Å². The Morgan fingerprint density at radius 2 is 1.63 bits per heavy atom. The summed E-state index contributed by atoms with van der Waals surface area (Å²) in [6.07, 6.45) is -9.51. The second kappa shape index (κ2) is 7.60.